The second kappa shape index (κ2) is 12.2. The molecule has 0 bridgehead atoms. The van der Waals surface area contributed by atoms with Crippen molar-refractivity contribution in [1.82, 2.24) is 10.2 Å². The molecule has 172 valence electrons. The molecule has 1 atom stereocenters. The fourth-order valence-corrected chi connectivity index (χ4v) is 3.82. The highest BCUT2D eigenvalue weighted by Gasteiger charge is 2.30. The smallest absolute Gasteiger partial charge is 0.243 e. The quantitative estimate of drug-likeness (QED) is 0.447. The van der Waals surface area contributed by atoms with E-state index >= 15 is 0 Å². The molecule has 0 aliphatic rings. The molecule has 2 amide bonds. The van der Waals surface area contributed by atoms with Crippen LogP contribution in [-0.4, -0.2) is 29.3 Å². The lowest BCUT2D eigenvalue weighted by molar-refractivity contribution is -0.140. The number of amides is 2. The van der Waals surface area contributed by atoms with Gasteiger partial charge in [-0.2, -0.15) is 0 Å². The Hall–Kier alpha value is -3.18. The lowest BCUT2D eigenvalue weighted by Crippen LogP contribution is -2.51. The molecule has 0 aliphatic heterocycles. The molecule has 0 radical (unpaired) electrons. The van der Waals surface area contributed by atoms with Crippen LogP contribution in [0.15, 0.2) is 78.9 Å². The van der Waals surface area contributed by atoms with Crippen LogP contribution in [0.2, 0.25) is 5.02 Å². The Morgan fingerprint density at radius 2 is 1.61 bits per heavy atom. The third-order valence-corrected chi connectivity index (χ3v) is 5.75. The van der Waals surface area contributed by atoms with Gasteiger partial charge in [0.1, 0.15) is 11.9 Å². The molecule has 0 aliphatic carbocycles. The number of carbonyl (C=O) groups excluding carboxylic acids is 2. The van der Waals surface area contributed by atoms with Crippen molar-refractivity contribution in [2.45, 2.75) is 38.8 Å². The van der Waals surface area contributed by atoms with E-state index < -0.39 is 6.04 Å². The largest absolute Gasteiger partial charge is 0.354 e. The van der Waals surface area contributed by atoms with Gasteiger partial charge in [-0.3, -0.25) is 9.59 Å². The average Bonchev–Trinajstić information content (AvgIpc) is 2.83. The highest BCUT2D eigenvalue weighted by Crippen LogP contribution is 2.20. The highest BCUT2D eigenvalue weighted by atomic mass is 35.5. The van der Waals surface area contributed by atoms with Crippen molar-refractivity contribution >= 4 is 23.4 Å². The minimum Gasteiger partial charge on any atom is -0.354 e. The summed E-state index contributed by atoms with van der Waals surface area (Å²) in [5.41, 5.74) is 2.38. The van der Waals surface area contributed by atoms with Crippen LogP contribution in [0.4, 0.5) is 4.39 Å². The maximum Gasteiger partial charge on any atom is 0.243 e. The van der Waals surface area contributed by atoms with Crippen molar-refractivity contribution in [2.75, 3.05) is 6.54 Å². The van der Waals surface area contributed by atoms with E-state index in [0.29, 0.717) is 23.6 Å². The molecule has 0 saturated heterocycles. The lowest BCUT2D eigenvalue weighted by Gasteiger charge is -2.32. The Bertz CT molecular complexity index is 1060. The zero-order chi connectivity index (χ0) is 23.6. The number of rotatable bonds is 10. The molecule has 0 fully saturated rings. The standard InChI is InChI=1S/C27H28ClFN2O2/c1-2-16-30-27(33)25(17-20-8-4-3-5-9-20)31(19-21-12-14-23(29)15-13-21)26(32)18-22-10-6-7-11-24(22)28/h3-15,25H,2,16-19H2,1H3,(H,30,33). The molecular weight excluding hydrogens is 439 g/mol. The van der Waals surface area contributed by atoms with Gasteiger partial charge in [-0.05, 0) is 41.3 Å². The van der Waals surface area contributed by atoms with E-state index in [-0.39, 0.29) is 30.6 Å². The summed E-state index contributed by atoms with van der Waals surface area (Å²) in [4.78, 5) is 28.4. The predicted molar refractivity (Wildman–Crippen MR) is 129 cm³/mol. The van der Waals surface area contributed by atoms with Crippen molar-refractivity contribution in [3.8, 4) is 0 Å². The predicted octanol–water partition coefficient (Wildman–Crippen LogP) is 5.19. The topological polar surface area (TPSA) is 49.4 Å². The lowest BCUT2D eigenvalue weighted by atomic mass is 10.0. The number of carbonyl (C=O) groups is 2. The van der Waals surface area contributed by atoms with Gasteiger partial charge in [-0.15, -0.1) is 0 Å². The Balaban J connectivity index is 1.95. The molecule has 3 aromatic rings. The Morgan fingerprint density at radius 3 is 2.27 bits per heavy atom. The van der Waals surface area contributed by atoms with Crippen LogP contribution in [0.5, 0.6) is 0 Å². The molecule has 3 aromatic carbocycles. The summed E-state index contributed by atoms with van der Waals surface area (Å²) in [6, 6.07) is 22.0. The van der Waals surface area contributed by atoms with E-state index in [1.165, 1.54) is 12.1 Å². The first-order valence-corrected chi connectivity index (χ1v) is 11.4. The van der Waals surface area contributed by atoms with Crippen molar-refractivity contribution in [3.63, 3.8) is 0 Å². The minimum absolute atomic E-state index is 0.0627. The van der Waals surface area contributed by atoms with E-state index in [0.717, 1.165) is 17.5 Å². The third-order valence-electron chi connectivity index (χ3n) is 5.39. The first-order valence-electron chi connectivity index (χ1n) is 11.1. The summed E-state index contributed by atoms with van der Waals surface area (Å²) >= 11 is 6.30. The Kier molecular flexibility index (Phi) is 9.02. The van der Waals surface area contributed by atoms with E-state index in [9.17, 15) is 14.0 Å². The molecule has 3 rings (SSSR count). The second-order valence-corrected chi connectivity index (χ2v) is 8.32. The van der Waals surface area contributed by atoms with Crippen LogP contribution < -0.4 is 5.32 Å². The van der Waals surface area contributed by atoms with Crippen LogP contribution in [0, 0.1) is 5.82 Å². The van der Waals surface area contributed by atoms with Gasteiger partial charge in [-0.25, -0.2) is 4.39 Å². The fraction of sp³-hybridized carbons (Fsp3) is 0.259. The molecule has 0 aromatic heterocycles. The van der Waals surface area contributed by atoms with E-state index in [2.05, 4.69) is 5.32 Å². The van der Waals surface area contributed by atoms with Gasteiger partial charge in [0.05, 0.1) is 6.42 Å². The normalized spacial score (nSPS) is 11.6. The summed E-state index contributed by atoms with van der Waals surface area (Å²) in [7, 11) is 0. The molecule has 1 N–H and O–H groups in total. The van der Waals surface area contributed by atoms with Crippen LogP contribution in [0.1, 0.15) is 30.0 Å². The maximum atomic E-state index is 13.6. The third kappa shape index (κ3) is 7.16. The molecule has 4 nitrogen and oxygen atoms in total. The molecule has 1 unspecified atom stereocenters. The number of hydrogen-bond donors (Lipinski definition) is 1. The summed E-state index contributed by atoms with van der Waals surface area (Å²) in [6.45, 7) is 2.68. The van der Waals surface area contributed by atoms with Crippen LogP contribution in [0.3, 0.4) is 0 Å². The molecular formula is C27H28ClFN2O2. The van der Waals surface area contributed by atoms with E-state index in [1.807, 2.05) is 49.4 Å². The SMILES string of the molecule is CCCNC(=O)C(Cc1ccccc1)N(Cc1ccc(F)cc1)C(=O)Cc1ccccc1Cl. The summed E-state index contributed by atoms with van der Waals surface area (Å²) < 4.78 is 13.5. The highest BCUT2D eigenvalue weighted by molar-refractivity contribution is 6.31. The van der Waals surface area contributed by atoms with Crippen molar-refractivity contribution in [3.05, 3.63) is 106 Å². The van der Waals surface area contributed by atoms with Gasteiger partial charge in [0.25, 0.3) is 0 Å². The Morgan fingerprint density at radius 1 is 0.939 bits per heavy atom. The van der Waals surface area contributed by atoms with Crippen molar-refractivity contribution in [1.29, 1.82) is 0 Å². The minimum atomic E-state index is -0.723. The van der Waals surface area contributed by atoms with Gasteiger partial charge in [0.2, 0.25) is 11.8 Å². The van der Waals surface area contributed by atoms with Crippen LogP contribution in [-0.2, 0) is 29.0 Å². The van der Waals surface area contributed by atoms with Gasteiger partial charge >= 0.3 is 0 Å². The number of hydrogen-bond acceptors (Lipinski definition) is 2. The second-order valence-electron chi connectivity index (χ2n) is 7.91. The van der Waals surface area contributed by atoms with E-state index in [4.69, 9.17) is 11.6 Å². The monoisotopic (exact) mass is 466 g/mol. The molecule has 33 heavy (non-hydrogen) atoms. The molecule has 0 spiro atoms. The summed E-state index contributed by atoms with van der Waals surface area (Å²) in [6.07, 6.45) is 1.22. The molecule has 0 saturated carbocycles. The molecule has 6 heteroatoms. The average molecular weight is 467 g/mol. The van der Waals surface area contributed by atoms with Crippen molar-refractivity contribution < 1.29 is 14.0 Å². The first kappa shape index (κ1) is 24.5. The van der Waals surface area contributed by atoms with Gasteiger partial charge in [0, 0.05) is 24.5 Å². The molecule has 0 heterocycles. The first-order chi connectivity index (χ1) is 16.0. The maximum absolute atomic E-state index is 13.6. The van der Waals surface area contributed by atoms with Crippen LogP contribution in [0.25, 0.3) is 0 Å². The Labute approximate surface area is 199 Å². The number of nitrogens with zero attached hydrogens (tertiary/aromatic N) is 1. The van der Waals surface area contributed by atoms with E-state index in [1.54, 1.807) is 29.2 Å². The van der Waals surface area contributed by atoms with Gasteiger partial charge in [0.15, 0.2) is 0 Å². The van der Waals surface area contributed by atoms with Gasteiger partial charge < -0.3 is 10.2 Å². The number of benzene rings is 3. The fourth-order valence-electron chi connectivity index (χ4n) is 3.61. The van der Waals surface area contributed by atoms with Crippen LogP contribution >= 0.6 is 11.6 Å². The van der Waals surface area contributed by atoms with Crippen molar-refractivity contribution in [2.24, 2.45) is 0 Å². The zero-order valence-electron chi connectivity index (χ0n) is 18.6. The summed E-state index contributed by atoms with van der Waals surface area (Å²) in [5.74, 6) is -0.787. The number of halogens is 2. The summed E-state index contributed by atoms with van der Waals surface area (Å²) in [5, 5.41) is 3.44. The zero-order valence-corrected chi connectivity index (χ0v) is 19.4. The number of nitrogens with one attached hydrogen (secondary N) is 1. The van der Waals surface area contributed by atoms with Gasteiger partial charge in [-0.1, -0.05) is 79.2 Å².